The first-order valence-electron chi connectivity index (χ1n) is 9.40. The molecule has 0 unspecified atom stereocenters. The zero-order valence-corrected chi connectivity index (χ0v) is 17.0. The zero-order valence-electron chi connectivity index (χ0n) is 17.0. The molecule has 0 bridgehead atoms. The fourth-order valence-electron chi connectivity index (χ4n) is 3.10. The van der Waals surface area contributed by atoms with Gasteiger partial charge in [0, 0.05) is 31.0 Å². The molecule has 0 atom stereocenters. The van der Waals surface area contributed by atoms with Gasteiger partial charge in [-0.1, -0.05) is 0 Å². The maximum Gasteiger partial charge on any atom is 0.179 e. The summed E-state index contributed by atoms with van der Waals surface area (Å²) >= 11 is 0. The Labute approximate surface area is 171 Å². The number of hydrazone groups is 1. The Bertz CT molecular complexity index is 896. The van der Waals surface area contributed by atoms with Gasteiger partial charge < -0.3 is 21.2 Å². The van der Waals surface area contributed by atoms with Gasteiger partial charge in [-0.15, -0.1) is 0 Å². The molecule has 0 radical (unpaired) electrons. The van der Waals surface area contributed by atoms with Gasteiger partial charge in [-0.2, -0.15) is 15.6 Å². The lowest BCUT2D eigenvalue weighted by Crippen LogP contribution is -2.32. The number of rotatable bonds is 6. The summed E-state index contributed by atoms with van der Waals surface area (Å²) in [7, 11) is 0. The van der Waals surface area contributed by atoms with Gasteiger partial charge in [0.05, 0.1) is 23.4 Å². The lowest BCUT2D eigenvalue weighted by atomic mass is 10.0. The third-order valence-electron chi connectivity index (χ3n) is 4.48. The number of hydrogen-bond donors (Lipinski definition) is 2. The van der Waals surface area contributed by atoms with Gasteiger partial charge in [-0.3, -0.25) is 9.98 Å². The highest BCUT2D eigenvalue weighted by molar-refractivity contribution is 6.47. The van der Waals surface area contributed by atoms with Gasteiger partial charge in [0.25, 0.3) is 0 Å². The summed E-state index contributed by atoms with van der Waals surface area (Å²) in [5, 5.41) is 22.2. The van der Waals surface area contributed by atoms with Crippen LogP contribution in [0, 0.1) is 22.8 Å². The van der Waals surface area contributed by atoms with E-state index >= 15 is 0 Å². The molecule has 0 amide bonds. The van der Waals surface area contributed by atoms with E-state index in [9.17, 15) is 5.26 Å². The average Bonchev–Trinajstić information content (AvgIpc) is 2.71. The van der Waals surface area contributed by atoms with Crippen LogP contribution in [0.5, 0.6) is 5.75 Å². The molecule has 2 heterocycles. The van der Waals surface area contributed by atoms with E-state index in [4.69, 9.17) is 26.6 Å². The van der Waals surface area contributed by atoms with Crippen molar-refractivity contribution in [1.29, 1.82) is 10.5 Å². The minimum Gasteiger partial charge on any atom is -0.489 e. The third kappa shape index (κ3) is 5.45. The molecule has 2 rings (SSSR count). The standard InChI is InChI=1S/C20H26N8O/c1-13(2)29-18-8-15(11-25-20(18)16(9-21)10-22)19(27-24)14(3)26-17-4-6-28(12-23)7-5-17/h8-9,11,13,17H,4-7,21,24H2,1-3H3/b16-9-,26-14?,27-19+. The van der Waals surface area contributed by atoms with E-state index in [-0.39, 0.29) is 17.7 Å². The number of aliphatic imine (C=N–C) groups is 1. The molecule has 0 saturated carbocycles. The number of nitrogens with two attached hydrogens (primary N) is 2. The highest BCUT2D eigenvalue weighted by atomic mass is 16.5. The number of pyridine rings is 1. The molecule has 1 saturated heterocycles. The van der Waals surface area contributed by atoms with Crippen LogP contribution in [-0.2, 0) is 0 Å². The maximum absolute atomic E-state index is 9.29. The lowest BCUT2D eigenvalue weighted by molar-refractivity contribution is 0.241. The van der Waals surface area contributed by atoms with Crippen molar-refractivity contribution in [2.24, 2.45) is 21.7 Å². The van der Waals surface area contributed by atoms with E-state index in [1.54, 1.807) is 17.2 Å². The summed E-state index contributed by atoms with van der Waals surface area (Å²) in [4.78, 5) is 10.8. The smallest absolute Gasteiger partial charge is 0.179 e. The number of nitriles is 2. The van der Waals surface area contributed by atoms with Crippen molar-refractivity contribution in [3.63, 3.8) is 0 Å². The summed E-state index contributed by atoms with van der Waals surface area (Å²) in [6.07, 6.45) is 6.42. The number of piperidine rings is 1. The summed E-state index contributed by atoms with van der Waals surface area (Å²) in [5.74, 6) is 6.08. The average molecular weight is 394 g/mol. The van der Waals surface area contributed by atoms with E-state index in [0.29, 0.717) is 41.5 Å². The van der Waals surface area contributed by atoms with Crippen molar-refractivity contribution in [3.05, 3.63) is 29.7 Å². The Hall–Kier alpha value is -3.59. The minimum absolute atomic E-state index is 0.111. The topological polar surface area (TPSA) is 150 Å². The van der Waals surface area contributed by atoms with Crippen molar-refractivity contribution in [1.82, 2.24) is 9.88 Å². The Kier molecular flexibility index (Phi) is 7.55. The fraction of sp³-hybridized carbons (Fsp3) is 0.450. The van der Waals surface area contributed by atoms with Crippen molar-refractivity contribution >= 4 is 17.0 Å². The SMILES string of the molecule is CC(=NC1CCN(C#N)CC1)/C(=N\N)c1cnc(/C(C#N)=C\N)c(OC(C)C)c1. The van der Waals surface area contributed by atoms with Crippen LogP contribution in [0.1, 0.15) is 44.9 Å². The summed E-state index contributed by atoms with van der Waals surface area (Å²) in [5.41, 5.74) is 7.94. The molecule has 1 aliphatic heterocycles. The monoisotopic (exact) mass is 394 g/mol. The molecule has 1 aliphatic rings. The molecule has 1 fully saturated rings. The Balaban J connectivity index is 2.34. The third-order valence-corrected chi connectivity index (χ3v) is 4.48. The Morgan fingerprint density at radius 3 is 2.59 bits per heavy atom. The van der Waals surface area contributed by atoms with Crippen LogP contribution in [0.4, 0.5) is 0 Å². The second-order valence-corrected chi connectivity index (χ2v) is 6.94. The van der Waals surface area contributed by atoms with E-state index < -0.39 is 0 Å². The first-order chi connectivity index (χ1) is 13.9. The van der Waals surface area contributed by atoms with E-state index in [0.717, 1.165) is 12.8 Å². The van der Waals surface area contributed by atoms with Crippen molar-refractivity contribution < 1.29 is 4.74 Å². The number of likely N-dealkylation sites (tertiary alicyclic amines) is 1. The van der Waals surface area contributed by atoms with Gasteiger partial charge in [0.15, 0.2) is 6.19 Å². The molecule has 4 N–H and O–H groups in total. The molecule has 1 aromatic heterocycles. The minimum atomic E-state index is -0.123. The molecule has 0 aromatic carbocycles. The van der Waals surface area contributed by atoms with Crippen LogP contribution in [-0.4, -0.2) is 46.5 Å². The molecule has 152 valence electrons. The Morgan fingerprint density at radius 1 is 1.38 bits per heavy atom. The highest BCUT2D eigenvalue weighted by Crippen LogP contribution is 2.26. The molecule has 1 aromatic rings. The van der Waals surface area contributed by atoms with E-state index in [1.807, 2.05) is 26.8 Å². The van der Waals surface area contributed by atoms with Gasteiger partial charge in [0.2, 0.25) is 0 Å². The summed E-state index contributed by atoms with van der Waals surface area (Å²) in [6.45, 7) is 7.00. The van der Waals surface area contributed by atoms with Gasteiger partial charge >= 0.3 is 0 Å². The van der Waals surface area contributed by atoms with Crippen LogP contribution in [0.25, 0.3) is 5.57 Å². The van der Waals surface area contributed by atoms with E-state index in [2.05, 4.69) is 16.3 Å². The molecule has 29 heavy (non-hydrogen) atoms. The summed E-state index contributed by atoms with van der Waals surface area (Å²) < 4.78 is 5.84. The van der Waals surface area contributed by atoms with Crippen LogP contribution < -0.4 is 16.3 Å². The molecular weight excluding hydrogens is 368 g/mol. The van der Waals surface area contributed by atoms with Crippen LogP contribution in [0.3, 0.4) is 0 Å². The summed E-state index contributed by atoms with van der Waals surface area (Å²) in [6, 6.07) is 3.87. The van der Waals surface area contributed by atoms with Gasteiger partial charge in [-0.25, -0.2) is 0 Å². The second kappa shape index (κ2) is 10.1. The number of hydrogen-bond acceptors (Lipinski definition) is 9. The van der Waals surface area contributed by atoms with Gasteiger partial charge in [-0.05, 0) is 39.7 Å². The molecule has 9 heteroatoms. The second-order valence-electron chi connectivity index (χ2n) is 6.94. The zero-order chi connectivity index (χ0) is 21.4. The lowest BCUT2D eigenvalue weighted by Gasteiger charge is -2.26. The number of aromatic nitrogens is 1. The number of ether oxygens (including phenoxy) is 1. The number of nitrogens with zero attached hydrogens (tertiary/aromatic N) is 6. The fourth-order valence-corrected chi connectivity index (χ4v) is 3.10. The Morgan fingerprint density at radius 2 is 2.07 bits per heavy atom. The predicted octanol–water partition coefficient (Wildman–Crippen LogP) is 1.76. The number of allylic oxidation sites excluding steroid dienone is 1. The first kappa shape index (κ1) is 21.7. The maximum atomic E-state index is 9.29. The largest absolute Gasteiger partial charge is 0.489 e. The molecule has 0 aliphatic carbocycles. The van der Waals surface area contributed by atoms with Crippen LogP contribution >= 0.6 is 0 Å². The van der Waals surface area contributed by atoms with Crippen LogP contribution in [0.15, 0.2) is 28.6 Å². The van der Waals surface area contributed by atoms with Crippen molar-refractivity contribution in [2.75, 3.05) is 13.1 Å². The van der Waals surface area contributed by atoms with Crippen molar-refractivity contribution in [2.45, 2.75) is 45.8 Å². The predicted molar refractivity (Wildman–Crippen MR) is 112 cm³/mol. The van der Waals surface area contributed by atoms with Crippen molar-refractivity contribution in [3.8, 4) is 18.0 Å². The highest BCUT2D eigenvalue weighted by Gasteiger charge is 2.20. The van der Waals surface area contributed by atoms with Gasteiger partial charge in [0.1, 0.15) is 23.2 Å². The molecule has 0 spiro atoms. The van der Waals surface area contributed by atoms with E-state index in [1.165, 1.54) is 6.20 Å². The van der Waals surface area contributed by atoms with Crippen LogP contribution in [0.2, 0.25) is 0 Å². The molecular formula is C20H26N8O. The normalized spacial score (nSPS) is 16.5. The quantitative estimate of drug-likeness (QED) is 0.245. The first-order valence-corrected chi connectivity index (χ1v) is 9.40. The molecule has 9 nitrogen and oxygen atoms in total.